The van der Waals surface area contributed by atoms with Crippen molar-refractivity contribution in [1.82, 2.24) is 15.2 Å². The van der Waals surface area contributed by atoms with Crippen LogP contribution in [0.1, 0.15) is 29.0 Å². The summed E-state index contributed by atoms with van der Waals surface area (Å²) in [7, 11) is -3.56. The highest BCUT2D eigenvalue weighted by atomic mass is 32.2. The number of nitrogens with zero attached hydrogens (tertiary/aromatic N) is 1. The second kappa shape index (κ2) is 8.26. The molecule has 7 nitrogen and oxygen atoms in total. The molecule has 0 bridgehead atoms. The van der Waals surface area contributed by atoms with Crippen molar-refractivity contribution in [2.45, 2.75) is 38.5 Å². The molecule has 1 aromatic carbocycles. The zero-order valence-corrected chi connectivity index (χ0v) is 15.4. The normalized spacial score (nSPS) is 11.5. The maximum Gasteiger partial charge on any atom is 0.240 e. The Morgan fingerprint density at radius 2 is 1.80 bits per heavy atom. The van der Waals surface area contributed by atoms with Crippen LogP contribution in [0.5, 0.6) is 0 Å². The van der Waals surface area contributed by atoms with E-state index in [4.69, 9.17) is 4.52 Å². The summed E-state index contributed by atoms with van der Waals surface area (Å²) in [5, 5.41) is 6.55. The van der Waals surface area contributed by atoms with E-state index in [2.05, 4.69) is 15.2 Å². The highest BCUT2D eigenvalue weighted by molar-refractivity contribution is 7.89. The number of aromatic nitrogens is 1. The molecular weight excluding hydrogens is 342 g/mol. The molecule has 0 unspecified atom stereocenters. The third-order valence-corrected chi connectivity index (χ3v) is 5.33. The number of sulfonamides is 1. The molecule has 0 aliphatic carbocycles. The van der Waals surface area contributed by atoms with Crippen LogP contribution in [0, 0.1) is 20.8 Å². The third kappa shape index (κ3) is 5.40. The molecule has 2 N–H and O–H groups in total. The van der Waals surface area contributed by atoms with Gasteiger partial charge < -0.3 is 9.84 Å². The van der Waals surface area contributed by atoms with Crippen LogP contribution in [-0.4, -0.2) is 32.6 Å². The molecule has 25 heavy (non-hydrogen) atoms. The highest BCUT2D eigenvalue weighted by Crippen LogP contribution is 2.14. The first kappa shape index (κ1) is 19.1. The number of benzene rings is 1. The number of rotatable bonds is 8. The van der Waals surface area contributed by atoms with Crippen molar-refractivity contribution >= 4 is 15.9 Å². The molecule has 1 aromatic heterocycles. The number of hydrogen-bond acceptors (Lipinski definition) is 5. The smallest absolute Gasteiger partial charge is 0.240 e. The molecule has 2 rings (SSSR count). The Labute approximate surface area is 147 Å². The molecule has 136 valence electrons. The maximum atomic E-state index is 12.1. The van der Waals surface area contributed by atoms with E-state index >= 15 is 0 Å². The number of carbonyl (C=O) groups excluding carboxylic acids is 1. The topological polar surface area (TPSA) is 101 Å². The van der Waals surface area contributed by atoms with Crippen LogP contribution < -0.4 is 10.0 Å². The summed E-state index contributed by atoms with van der Waals surface area (Å²) >= 11 is 0. The fourth-order valence-electron chi connectivity index (χ4n) is 2.37. The van der Waals surface area contributed by atoms with Gasteiger partial charge in [-0.1, -0.05) is 22.9 Å². The molecule has 0 saturated carbocycles. The molecular formula is C17H23N3O4S. The van der Waals surface area contributed by atoms with Crippen molar-refractivity contribution in [2.24, 2.45) is 0 Å². The summed E-state index contributed by atoms with van der Waals surface area (Å²) in [5.74, 6) is 0.575. The van der Waals surface area contributed by atoms with Crippen LogP contribution >= 0.6 is 0 Å². The van der Waals surface area contributed by atoms with Crippen LogP contribution in [-0.2, 0) is 21.2 Å². The minimum Gasteiger partial charge on any atom is -0.361 e. The number of carbonyl (C=O) groups is 1. The summed E-state index contributed by atoms with van der Waals surface area (Å²) in [4.78, 5) is 12.1. The zero-order valence-electron chi connectivity index (χ0n) is 14.6. The van der Waals surface area contributed by atoms with Crippen LogP contribution in [0.2, 0.25) is 0 Å². The molecule has 0 atom stereocenters. The monoisotopic (exact) mass is 365 g/mol. The molecule has 0 spiro atoms. The minimum absolute atomic E-state index is 0.132. The number of hydrogen-bond donors (Lipinski definition) is 2. The Balaban J connectivity index is 1.73. The summed E-state index contributed by atoms with van der Waals surface area (Å²) < 4.78 is 31.7. The van der Waals surface area contributed by atoms with E-state index in [-0.39, 0.29) is 23.9 Å². The molecule has 0 aliphatic rings. The van der Waals surface area contributed by atoms with Crippen molar-refractivity contribution in [3.63, 3.8) is 0 Å². The molecule has 0 radical (unpaired) electrons. The van der Waals surface area contributed by atoms with Gasteiger partial charge in [0.15, 0.2) is 0 Å². The quantitative estimate of drug-likeness (QED) is 0.692. The molecule has 2 aromatic rings. The average Bonchev–Trinajstić information content (AvgIpc) is 2.88. The van der Waals surface area contributed by atoms with Gasteiger partial charge >= 0.3 is 0 Å². The summed E-state index contributed by atoms with van der Waals surface area (Å²) in [6.07, 6.45) is 0.843. The van der Waals surface area contributed by atoms with Gasteiger partial charge in [0, 0.05) is 25.1 Å². The van der Waals surface area contributed by atoms with Gasteiger partial charge in [-0.2, -0.15) is 0 Å². The van der Waals surface area contributed by atoms with E-state index in [0.29, 0.717) is 12.8 Å². The zero-order chi connectivity index (χ0) is 18.4. The first-order valence-corrected chi connectivity index (χ1v) is 9.52. The van der Waals surface area contributed by atoms with E-state index in [0.717, 1.165) is 22.6 Å². The van der Waals surface area contributed by atoms with Gasteiger partial charge in [0.25, 0.3) is 0 Å². The van der Waals surface area contributed by atoms with Crippen LogP contribution in [0.15, 0.2) is 33.7 Å². The van der Waals surface area contributed by atoms with Gasteiger partial charge in [0.2, 0.25) is 15.9 Å². The lowest BCUT2D eigenvalue weighted by Gasteiger charge is -2.08. The fourth-order valence-corrected chi connectivity index (χ4v) is 3.41. The van der Waals surface area contributed by atoms with Crippen LogP contribution in [0.25, 0.3) is 0 Å². The molecule has 1 amide bonds. The lowest BCUT2D eigenvalue weighted by molar-refractivity contribution is -0.121. The molecule has 0 saturated heterocycles. The lowest BCUT2D eigenvalue weighted by Crippen LogP contribution is -2.34. The van der Waals surface area contributed by atoms with Gasteiger partial charge in [-0.3, -0.25) is 4.79 Å². The predicted molar refractivity (Wildman–Crippen MR) is 93.7 cm³/mol. The average molecular weight is 365 g/mol. The van der Waals surface area contributed by atoms with Gasteiger partial charge in [-0.25, -0.2) is 13.1 Å². The summed E-state index contributed by atoms with van der Waals surface area (Å²) in [5.41, 5.74) is 2.72. The summed E-state index contributed by atoms with van der Waals surface area (Å²) in [6.45, 7) is 5.90. The fraction of sp³-hybridized carbons (Fsp3) is 0.412. The molecule has 8 heteroatoms. The second-order valence-electron chi connectivity index (χ2n) is 5.86. The highest BCUT2D eigenvalue weighted by Gasteiger charge is 2.13. The Hall–Kier alpha value is -2.19. The Bertz CT molecular complexity index is 807. The Morgan fingerprint density at radius 3 is 2.40 bits per heavy atom. The number of nitrogens with one attached hydrogen (secondary N) is 2. The van der Waals surface area contributed by atoms with Crippen LogP contribution in [0.4, 0.5) is 0 Å². The second-order valence-corrected chi connectivity index (χ2v) is 7.63. The number of amides is 1. The predicted octanol–water partition coefficient (Wildman–Crippen LogP) is 1.63. The minimum atomic E-state index is -3.56. The molecule has 0 fully saturated rings. The van der Waals surface area contributed by atoms with Crippen molar-refractivity contribution in [3.05, 3.63) is 46.8 Å². The third-order valence-electron chi connectivity index (χ3n) is 3.85. The maximum absolute atomic E-state index is 12.1. The van der Waals surface area contributed by atoms with Gasteiger partial charge in [-0.05, 0) is 39.3 Å². The van der Waals surface area contributed by atoms with Gasteiger partial charge in [-0.15, -0.1) is 0 Å². The van der Waals surface area contributed by atoms with Gasteiger partial charge in [0.1, 0.15) is 5.76 Å². The molecule has 0 aliphatic heterocycles. The van der Waals surface area contributed by atoms with Gasteiger partial charge in [0.05, 0.1) is 10.6 Å². The largest absolute Gasteiger partial charge is 0.361 e. The Morgan fingerprint density at radius 1 is 1.12 bits per heavy atom. The van der Waals surface area contributed by atoms with E-state index in [1.165, 1.54) is 0 Å². The van der Waals surface area contributed by atoms with Crippen LogP contribution in [0.3, 0.4) is 0 Å². The first-order valence-electron chi connectivity index (χ1n) is 8.04. The van der Waals surface area contributed by atoms with Crippen molar-refractivity contribution in [3.8, 4) is 0 Å². The van der Waals surface area contributed by atoms with E-state index in [1.807, 2.05) is 20.8 Å². The lowest BCUT2D eigenvalue weighted by atomic mass is 10.1. The number of aryl methyl sites for hydroxylation is 3. The SMILES string of the molecule is Cc1ccc(S(=O)(=O)NCCNC(=O)CCc2c(C)noc2C)cc1. The standard InChI is InChI=1S/C17H23N3O4S/c1-12-4-6-15(7-5-12)25(22,23)19-11-10-18-17(21)9-8-16-13(2)20-24-14(16)3/h4-7,19H,8-11H2,1-3H3,(H,18,21). The molecule has 1 heterocycles. The van der Waals surface area contributed by atoms with E-state index in [1.54, 1.807) is 24.3 Å². The van der Waals surface area contributed by atoms with Crippen molar-refractivity contribution < 1.29 is 17.7 Å². The van der Waals surface area contributed by atoms with E-state index in [9.17, 15) is 13.2 Å². The van der Waals surface area contributed by atoms with Crippen molar-refractivity contribution in [1.29, 1.82) is 0 Å². The van der Waals surface area contributed by atoms with Crippen molar-refractivity contribution in [2.75, 3.05) is 13.1 Å². The Kier molecular flexibility index (Phi) is 6.33. The first-order chi connectivity index (χ1) is 11.8. The summed E-state index contributed by atoms with van der Waals surface area (Å²) in [6, 6.07) is 6.59. The van der Waals surface area contributed by atoms with E-state index < -0.39 is 10.0 Å².